The van der Waals surface area contributed by atoms with Crippen molar-refractivity contribution < 1.29 is 64.0 Å². The van der Waals surface area contributed by atoms with Crippen molar-refractivity contribution in [1.82, 2.24) is 10.3 Å². The molecule has 362 valence electrons. The maximum atomic E-state index is 14.1. The summed E-state index contributed by atoms with van der Waals surface area (Å²) in [7, 11) is 0. The van der Waals surface area contributed by atoms with Gasteiger partial charge in [0.05, 0.1) is 22.2 Å². The molecule has 2 atom stereocenters. The minimum atomic E-state index is -5.36. The minimum absolute atomic E-state index is 0.0755. The molecule has 20 heteroatoms. The molecule has 2 unspecified atom stereocenters. The average Bonchev–Trinajstić information content (AvgIpc) is 3.25. The van der Waals surface area contributed by atoms with E-state index in [0.717, 1.165) is 18.2 Å². The summed E-state index contributed by atoms with van der Waals surface area (Å²) in [4.78, 5) is 49.3. The van der Waals surface area contributed by atoms with Crippen LogP contribution < -0.4 is 21.9 Å². The average molecular weight is 959 g/mol. The number of carbonyl (C=O) groups excluding carboxylic acids is 2. The highest BCUT2D eigenvalue weighted by molar-refractivity contribution is 6.01. The molecule has 6 aromatic rings. The largest absolute Gasteiger partial charge is 0.426 e. The number of aliphatic hydroxyl groups is 2. The molecule has 0 aliphatic rings. The van der Waals surface area contributed by atoms with Crippen molar-refractivity contribution in [2.45, 2.75) is 102 Å². The monoisotopic (exact) mass is 958 g/mol. The van der Waals surface area contributed by atoms with Crippen molar-refractivity contribution >= 4 is 50.8 Å². The fourth-order valence-corrected chi connectivity index (χ4v) is 7.95. The van der Waals surface area contributed by atoms with Crippen LogP contribution in [0.2, 0.25) is 0 Å². The van der Waals surface area contributed by atoms with E-state index in [1.165, 1.54) is 102 Å². The molecule has 12 nitrogen and oxygen atoms in total. The number of nitrogens with one attached hydrogen (secondary N) is 2. The van der Waals surface area contributed by atoms with Crippen LogP contribution in [0.3, 0.4) is 0 Å². The van der Waals surface area contributed by atoms with E-state index in [2.05, 4.69) is 36.6 Å². The first-order valence-corrected chi connectivity index (χ1v) is 20.6. The maximum Gasteiger partial charge on any atom is 0.426 e. The number of carbonyl (C=O) groups is 2. The fourth-order valence-electron chi connectivity index (χ4n) is 7.95. The van der Waals surface area contributed by atoms with Gasteiger partial charge in [0, 0.05) is 35.0 Å². The van der Waals surface area contributed by atoms with Gasteiger partial charge in [-0.15, -0.1) is 0 Å². The second-order valence-electron chi connectivity index (χ2n) is 17.5. The molecule has 0 spiro atoms. The first kappa shape index (κ1) is 52.2. The lowest BCUT2D eigenvalue weighted by atomic mass is 9.72. The summed E-state index contributed by atoms with van der Waals surface area (Å²) < 4.78 is 121. The lowest BCUT2D eigenvalue weighted by molar-refractivity contribution is -0.255. The Morgan fingerprint density at radius 1 is 0.632 bits per heavy atom. The summed E-state index contributed by atoms with van der Waals surface area (Å²) in [5.41, 5.74) is -10.2. The summed E-state index contributed by atoms with van der Waals surface area (Å²) in [6, 6.07) is 14.9. The van der Waals surface area contributed by atoms with E-state index in [9.17, 15) is 64.5 Å². The van der Waals surface area contributed by atoms with Crippen molar-refractivity contribution in [2.24, 2.45) is 0 Å². The van der Waals surface area contributed by atoms with E-state index in [4.69, 9.17) is 0 Å². The minimum Gasteiger partial charge on any atom is -0.373 e. The molecule has 0 radical (unpaired) electrons. The third-order valence-electron chi connectivity index (χ3n) is 11.5. The van der Waals surface area contributed by atoms with Crippen molar-refractivity contribution in [1.29, 1.82) is 0 Å². The third-order valence-corrected chi connectivity index (χ3v) is 11.5. The summed E-state index contributed by atoms with van der Waals surface area (Å²) >= 11 is 0. The van der Waals surface area contributed by atoms with Crippen molar-refractivity contribution in [3.05, 3.63) is 145 Å². The number of aryl methyl sites for hydroxylation is 3. The Hall–Kier alpha value is -6.80. The van der Waals surface area contributed by atoms with Gasteiger partial charge in [-0.3, -0.25) is 9.59 Å². The van der Waals surface area contributed by atoms with Gasteiger partial charge in [0.25, 0.3) is 11.8 Å². The summed E-state index contributed by atoms with van der Waals surface area (Å²) in [6.07, 6.45) is -11.1. The van der Waals surface area contributed by atoms with Crippen LogP contribution in [0.1, 0.15) is 81.1 Å². The number of nitrogens with zero attached hydrogens (tertiary/aromatic N) is 2. The smallest absolute Gasteiger partial charge is 0.373 e. The number of aromatic nitrogens is 2. The van der Waals surface area contributed by atoms with Gasteiger partial charge in [-0.1, -0.05) is 69.7 Å². The molecule has 0 fully saturated rings. The van der Waals surface area contributed by atoms with Gasteiger partial charge in [-0.25, -0.2) is 18.4 Å². The van der Waals surface area contributed by atoms with Crippen molar-refractivity contribution in [3.8, 4) is 0 Å². The number of benzene rings is 4. The number of fused-ring (bicyclic) bond motifs is 2. The maximum absolute atomic E-state index is 14.1. The Labute approximate surface area is 382 Å². The zero-order chi connectivity index (χ0) is 50.9. The van der Waals surface area contributed by atoms with Crippen molar-refractivity contribution in [3.63, 3.8) is 0 Å². The molecule has 6 rings (SSSR count). The van der Waals surface area contributed by atoms with E-state index in [0.29, 0.717) is 17.5 Å². The fraction of sp³-hybridized carbons (Fsp3) is 0.333. The lowest BCUT2D eigenvalue weighted by Gasteiger charge is -2.37. The van der Waals surface area contributed by atoms with Gasteiger partial charge in [-0.05, 0) is 114 Å². The highest BCUT2D eigenvalue weighted by Gasteiger charge is 2.62. The second kappa shape index (κ2) is 19.1. The van der Waals surface area contributed by atoms with Crippen LogP contribution in [0.4, 0.5) is 46.5 Å². The Kier molecular flexibility index (Phi) is 14.6. The molecule has 0 saturated carbocycles. The lowest BCUT2D eigenvalue weighted by Crippen LogP contribution is -2.57. The molecule has 68 heavy (non-hydrogen) atoms. The Bertz CT molecular complexity index is 3040. The first-order valence-electron chi connectivity index (χ1n) is 20.6. The Morgan fingerprint density at radius 2 is 1.03 bits per heavy atom. The number of alkyl halides is 6. The molecule has 2 amide bonds. The van der Waals surface area contributed by atoms with E-state index >= 15 is 0 Å². The van der Waals surface area contributed by atoms with Crippen LogP contribution in [-0.2, 0) is 26.8 Å². The van der Waals surface area contributed by atoms with Crippen LogP contribution in [0.5, 0.6) is 0 Å². The van der Waals surface area contributed by atoms with E-state index in [1.807, 2.05) is 0 Å². The zero-order valence-corrected chi connectivity index (χ0v) is 37.6. The number of hydrogen-bond donors (Lipinski definition) is 4. The molecule has 0 saturated heterocycles. The van der Waals surface area contributed by atoms with E-state index < -0.39 is 81.9 Å². The molecule has 2 aromatic heterocycles. The number of halogens is 8. The van der Waals surface area contributed by atoms with Gasteiger partial charge < -0.3 is 29.9 Å². The molecular weight excluding hydrogens is 913 g/mol. The SMILES string of the molecule is C=Cc1ccc(F)cc1C(C)(C)CC(O)(C(=O)Nc1ccc2c(=O)onc(C)c2c1)C(F)(F)F.CCc1ccc(F)cc1C(C)(C)CC(O)(C(=O)Nc1ccc2c(=O)onc(C)c2c1)C(F)(F)F. The summed E-state index contributed by atoms with van der Waals surface area (Å²) in [6.45, 7) is 14.0. The first-order chi connectivity index (χ1) is 31.4. The molecule has 2 heterocycles. The summed E-state index contributed by atoms with van der Waals surface area (Å²) in [5, 5.41) is 33.5. The quantitative estimate of drug-likeness (QED) is 0.0862. The third kappa shape index (κ3) is 10.7. The molecule has 4 aromatic carbocycles. The van der Waals surface area contributed by atoms with Crippen molar-refractivity contribution in [2.75, 3.05) is 10.6 Å². The molecular formula is C48H46F8N4O8. The van der Waals surface area contributed by atoms with Crippen LogP contribution in [0.25, 0.3) is 27.6 Å². The molecule has 0 aliphatic carbocycles. The van der Waals surface area contributed by atoms with E-state index in [-0.39, 0.29) is 55.4 Å². The Balaban J connectivity index is 0.000000254. The van der Waals surface area contributed by atoms with Gasteiger partial charge in [0.15, 0.2) is 0 Å². The van der Waals surface area contributed by atoms with Crippen LogP contribution >= 0.6 is 0 Å². The molecule has 0 aliphatic heterocycles. The topological polar surface area (TPSA) is 185 Å². The standard InChI is InChI=1S/C24H24F4N2O4.C24H22F4N2O4/c2*1-5-14-6-7-15(25)10-19(14)22(3,4)12-23(33,24(26,27)28)21(32)29-16-8-9-17-18(11-16)13(2)30-34-20(17)31/h6-11,33H,5,12H2,1-4H3,(H,29,32);5-11,33H,1,12H2,2-4H3,(H,29,32). The number of anilines is 2. The highest BCUT2D eigenvalue weighted by atomic mass is 19.4. The summed E-state index contributed by atoms with van der Waals surface area (Å²) in [5.74, 6) is -4.74. The second-order valence-corrected chi connectivity index (χ2v) is 17.5. The zero-order valence-electron chi connectivity index (χ0n) is 37.6. The highest BCUT2D eigenvalue weighted by Crippen LogP contribution is 2.45. The number of hydrogen-bond acceptors (Lipinski definition) is 10. The van der Waals surface area contributed by atoms with Crippen LogP contribution in [0.15, 0.2) is 98.0 Å². The Morgan fingerprint density at radius 3 is 1.43 bits per heavy atom. The number of rotatable bonds is 12. The van der Waals surface area contributed by atoms with E-state index in [1.54, 1.807) is 6.92 Å². The predicted octanol–water partition coefficient (Wildman–Crippen LogP) is 9.68. The van der Waals surface area contributed by atoms with Crippen LogP contribution in [0, 0.1) is 25.5 Å². The molecule has 4 N–H and O–H groups in total. The van der Waals surface area contributed by atoms with Gasteiger partial charge >= 0.3 is 23.6 Å². The van der Waals surface area contributed by atoms with Gasteiger partial charge in [0.1, 0.15) is 11.6 Å². The predicted molar refractivity (Wildman–Crippen MR) is 237 cm³/mol. The van der Waals surface area contributed by atoms with Gasteiger partial charge in [0.2, 0.25) is 11.2 Å². The number of amides is 2. The van der Waals surface area contributed by atoms with Gasteiger partial charge in [-0.2, -0.15) is 26.3 Å². The molecule has 0 bridgehead atoms. The van der Waals surface area contributed by atoms with Crippen LogP contribution in [-0.4, -0.2) is 55.9 Å². The normalized spacial score (nSPS) is 14.1.